The van der Waals surface area contributed by atoms with Crippen LogP contribution in [0.5, 0.6) is 0 Å². The van der Waals surface area contributed by atoms with Crippen molar-refractivity contribution in [3.05, 3.63) is 49.3 Å². The van der Waals surface area contributed by atoms with Crippen LogP contribution in [0.15, 0.2) is 0 Å². The van der Waals surface area contributed by atoms with E-state index < -0.39 is 0 Å². The average Bonchev–Trinajstić information content (AvgIpc) is 3.12. The predicted molar refractivity (Wildman–Crippen MR) is 239 cm³/mol. The van der Waals surface area contributed by atoms with Crippen molar-refractivity contribution in [2.45, 2.75) is 121 Å². The molecule has 0 radical (unpaired) electrons. The van der Waals surface area contributed by atoms with Gasteiger partial charge < -0.3 is 67.5 Å². The second-order valence-corrected chi connectivity index (χ2v) is 18.7. The van der Waals surface area contributed by atoms with Gasteiger partial charge in [-0.2, -0.15) is 49.3 Å². The van der Waals surface area contributed by atoms with Crippen LogP contribution in [-0.4, -0.2) is 181 Å². The van der Waals surface area contributed by atoms with Gasteiger partial charge in [0, 0.05) is 41.7 Å². The molecule has 0 unspecified atom stereocenters. The van der Waals surface area contributed by atoms with E-state index in [9.17, 15) is 0 Å². The summed E-state index contributed by atoms with van der Waals surface area (Å²) < 4.78 is 37.2. The first kappa shape index (κ1) is 57.5. The summed E-state index contributed by atoms with van der Waals surface area (Å²) in [5.41, 5.74) is 0.500. The summed E-state index contributed by atoms with van der Waals surface area (Å²) >= 11 is 0. The number of nitrogens with one attached hydrogen (secondary N) is 7. The van der Waals surface area contributed by atoms with Crippen LogP contribution in [0.25, 0.3) is 0 Å². The highest BCUT2D eigenvalue weighted by Gasteiger charge is 2.43. The van der Waals surface area contributed by atoms with Crippen molar-refractivity contribution in [1.82, 2.24) is 0 Å². The minimum Gasteiger partial charge on any atom is -0.463 e. The molecule has 0 aromatic heterocycles. The van der Waals surface area contributed by atoms with E-state index in [1.807, 2.05) is 14.0 Å². The molecule has 0 atom stereocenters. The number of ether oxygens (including phenoxy) is 7. The van der Waals surface area contributed by atoms with Gasteiger partial charge in [0.05, 0.1) is 97.7 Å². The lowest BCUT2D eigenvalue weighted by atomic mass is 9.90. The van der Waals surface area contributed by atoms with Crippen molar-refractivity contribution >= 4 is 0 Å². The molecule has 7 saturated heterocycles. The van der Waals surface area contributed by atoms with E-state index in [1.165, 1.54) is 47.1 Å². The largest absolute Gasteiger partial charge is 0.463 e. The second kappa shape index (κ2) is 29.8. The summed E-state index contributed by atoms with van der Waals surface area (Å²) in [7, 11) is 34.0. The second-order valence-electron chi connectivity index (χ2n) is 18.7. The predicted octanol–water partition coefficient (Wildman–Crippen LogP) is -4.87. The SMILES string of the molecule is [CH2-][NH+]1CC(C)(OC)C1.[CH2-][NH+]1CC(CC)(OC)C1.[CH2-][NH+]1CC(CCC)(OC)C1.[CH2-][NH+]1CC(OC(C)C)C1.[CH2-][NH+]1CC(OC)C1.[CH2-][NH+]1CC(OCC)C1.[CH2-][NH+]1CC(OCCC)C1. The quantitative estimate of drug-likeness (QED) is 0.0883. The van der Waals surface area contributed by atoms with Crippen LogP contribution in [0.1, 0.15) is 74.1 Å². The Morgan fingerprint density at radius 1 is 0.500 bits per heavy atom. The molecule has 0 aromatic carbocycles. The fraction of sp³-hybridized carbons (Fsp3) is 0.848. The summed E-state index contributed by atoms with van der Waals surface area (Å²) in [6.45, 7) is 31.6. The van der Waals surface area contributed by atoms with Crippen molar-refractivity contribution < 1.29 is 67.5 Å². The maximum atomic E-state index is 5.50. The summed E-state index contributed by atoms with van der Waals surface area (Å²) in [5.74, 6) is 0. The Kier molecular flexibility index (Phi) is 28.5. The van der Waals surface area contributed by atoms with Gasteiger partial charge >= 0.3 is 0 Å². The molecule has 0 saturated carbocycles. The highest BCUT2D eigenvalue weighted by Crippen LogP contribution is 2.18. The molecule has 60 heavy (non-hydrogen) atoms. The zero-order chi connectivity index (χ0) is 45.5. The van der Waals surface area contributed by atoms with Crippen LogP contribution in [0.2, 0.25) is 0 Å². The lowest BCUT2D eigenvalue weighted by Gasteiger charge is -2.47. The summed E-state index contributed by atoms with van der Waals surface area (Å²) in [4.78, 5) is 9.33. The van der Waals surface area contributed by atoms with Gasteiger partial charge in [-0.1, -0.05) is 27.2 Å². The van der Waals surface area contributed by atoms with E-state index in [1.54, 1.807) is 21.3 Å². The van der Waals surface area contributed by atoms with E-state index in [0.717, 1.165) is 118 Å². The molecule has 0 aromatic rings. The smallest absolute Gasteiger partial charge is 0.160 e. The average molecular weight is 862 g/mol. The highest BCUT2D eigenvalue weighted by molar-refractivity contribution is 4.85. The van der Waals surface area contributed by atoms with Crippen LogP contribution in [0.3, 0.4) is 0 Å². The van der Waals surface area contributed by atoms with E-state index in [4.69, 9.17) is 33.2 Å². The molecule has 7 aliphatic heterocycles. The molecule has 14 heteroatoms. The molecule has 14 nitrogen and oxygen atoms in total. The lowest BCUT2D eigenvalue weighted by molar-refractivity contribution is -0.919. The molecular formula is C46H99N7O7. The van der Waals surface area contributed by atoms with Crippen molar-refractivity contribution in [3.63, 3.8) is 0 Å². The molecule has 7 N–H and O–H groups in total. The number of quaternary nitrogens is 7. The Balaban J connectivity index is 0.000000351. The number of hydrogen-bond acceptors (Lipinski definition) is 7. The van der Waals surface area contributed by atoms with Gasteiger partial charge in [-0.3, -0.25) is 0 Å². The summed E-state index contributed by atoms with van der Waals surface area (Å²) in [6.07, 6.45) is 7.01. The Bertz CT molecular complexity index is 1020. The third-order valence-corrected chi connectivity index (χ3v) is 12.1. The molecule has 7 heterocycles. The number of methoxy groups -OCH3 is 4. The molecule has 7 rings (SSSR count). The monoisotopic (exact) mass is 862 g/mol. The maximum absolute atomic E-state index is 5.50. The van der Waals surface area contributed by atoms with E-state index in [-0.39, 0.29) is 16.8 Å². The number of hydrogen-bond donors (Lipinski definition) is 7. The first-order chi connectivity index (χ1) is 28.3. The number of rotatable bonds is 14. The van der Waals surface area contributed by atoms with Crippen LogP contribution < -0.4 is 34.3 Å². The molecular weight excluding hydrogens is 763 g/mol. The summed E-state index contributed by atoms with van der Waals surface area (Å²) in [5, 5.41) is 0. The van der Waals surface area contributed by atoms with E-state index in [2.05, 4.69) is 90.9 Å². The minimum atomic E-state index is 0.136. The molecule has 7 aliphatic rings. The Morgan fingerprint density at radius 3 is 1.15 bits per heavy atom. The molecule has 360 valence electrons. The molecule has 0 spiro atoms. The zero-order valence-corrected chi connectivity index (χ0v) is 40.8. The van der Waals surface area contributed by atoms with Crippen molar-refractivity contribution in [2.75, 3.05) is 133 Å². The van der Waals surface area contributed by atoms with Crippen molar-refractivity contribution in [3.8, 4) is 0 Å². The van der Waals surface area contributed by atoms with Gasteiger partial charge in [-0.05, 0) is 47.0 Å². The third-order valence-electron chi connectivity index (χ3n) is 12.1. The maximum Gasteiger partial charge on any atom is 0.160 e. The lowest BCUT2D eigenvalue weighted by Crippen LogP contribution is -3.20. The van der Waals surface area contributed by atoms with E-state index in [0.29, 0.717) is 30.5 Å². The van der Waals surface area contributed by atoms with Crippen LogP contribution in [-0.2, 0) is 33.2 Å². The fourth-order valence-corrected chi connectivity index (χ4v) is 8.03. The van der Waals surface area contributed by atoms with Crippen LogP contribution in [0.4, 0.5) is 0 Å². The molecule has 0 bridgehead atoms. The highest BCUT2D eigenvalue weighted by atomic mass is 16.5. The Labute approximate surface area is 370 Å². The Morgan fingerprint density at radius 2 is 0.900 bits per heavy atom. The normalized spacial score (nSPS) is 39.0. The van der Waals surface area contributed by atoms with Crippen LogP contribution >= 0.6 is 0 Å². The van der Waals surface area contributed by atoms with Crippen molar-refractivity contribution in [1.29, 1.82) is 0 Å². The van der Waals surface area contributed by atoms with Gasteiger partial charge in [0.15, 0.2) is 35.1 Å². The van der Waals surface area contributed by atoms with Gasteiger partial charge in [-0.15, -0.1) is 0 Å². The topological polar surface area (TPSA) is 95.7 Å². The molecule has 7 fully saturated rings. The van der Waals surface area contributed by atoms with Gasteiger partial charge in [0.1, 0.15) is 6.10 Å². The minimum absolute atomic E-state index is 0.136. The van der Waals surface area contributed by atoms with Crippen molar-refractivity contribution in [2.24, 2.45) is 0 Å². The van der Waals surface area contributed by atoms with Gasteiger partial charge in [0.2, 0.25) is 0 Å². The van der Waals surface area contributed by atoms with Gasteiger partial charge in [-0.25, -0.2) is 0 Å². The number of likely N-dealkylation sites (tertiary alicyclic amines) is 7. The van der Waals surface area contributed by atoms with Crippen LogP contribution in [0, 0.1) is 49.3 Å². The fourth-order valence-electron chi connectivity index (χ4n) is 8.03. The van der Waals surface area contributed by atoms with E-state index >= 15 is 0 Å². The molecule has 0 amide bonds. The first-order valence-electron chi connectivity index (χ1n) is 23.0. The summed E-state index contributed by atoms with van der Waals surface area (Å²) in [6, 6.07) is 0. The third kappa shape index (κ3) is 22.4. The molecule has 0 aliphatic carbocycles. The zero-order valence-electron chi connectivity index (χ0n) is 40.8. The standard InChI is InChI=1S/C8H17NO.3C7H15NO.2C6H13NO.C5H11NO/c1-4-5-8(10-3)6-9(2)7-8;1-6(2)9-7-4-8(3)5-7;1-4-7(9-3)5-8(2)6-7;1-3-4-9-7-5-8(2)6-7;1-6(8-3)4-7(2)5-6;1-3-8-6-4-7(2)5-6;1-6-3-5(4-6)7-2/h9H,2,4-7H2,1,3H3;6-8H,3-5H2,1-2H3;8H,2,4-6H2,1,3H3;7-8H,2-6H2,1H3;7H,2,4-5H2,1,3H3;6-7H,2-5H2,1H3;5-6H,1,3-4H2,2H3. The first-order valence-corrected chi connectivity index (χ1v) is 23.0. The van der Waals surface area contributed by atoms with Gasteiger partial charge in [0.25, 0.3) is 0 Å². The Hall–Kier alpha value is -0.560.